The minimum atomic E-state index is -0.105. The van der Waals surface area contributed by atoms with Crippen LogP contribution in [0.5, 0.6) is 17.4 Å². The first-order chi connectivity index (χ1) is 16.4. The van der Waals surface area contributed by atoms with E-state index in [9.17, 15) is 4.79 Å². The molecule has 3 heterocycles. The van der Waals surface area contributed by atoms with E-state index in [4.69, 9.17) is 14.0 Å². The van der Waals surface area contributed by atoms with Crippen molar-refractivity contribution in [3.8, 4) is 17.4 Å². The molecule has 3 aromatic rings. The van der Waals surface area contributed by atoms with Crippen LogP contribution in [0.25, 0.3) is 0 Å². The van der Waals surface area contributed by atoms with Crippen molar-refractivity contribution < 1.29 is 18.8 Å². The van der Waals surface area contributed by atoms with E-state index in [1.165, 1.54) is 0 Å². The summed E-state index contributed by atoms with van der Waals surface area (Å²) >= 11 is 0. The Labute approximate surface area is 199 Å². The lowest BCUT2D eigenvalue weighted by molar-refractivity contribution is -0.122. The summed E-state index contributed by atoms with van der Waals surface area (Å²) in [5.41, 5.74) is 0.869. The molecular weight excluding hydrogens is 434 g/mol. The maximum Gasteiger partial charge on any atom is 0.234 e. The van der Waals surface area contributed by atoms with Gasteiger partial charge in [-0.05, 0) is 43.0 Å². The van der Waals surface area contributed by atoms with Gasteiger partial charge in [0, 0.05) is 25.2 Å². The number of aryl methyl sites for hydroxylation is 1. The van der Waals surface area contributed by atoms with Crippen molar-refractivity contribution in [2.75, 3.05) is 19.7 Å². The fourth-order valence-electron chi connectivity index (χ4n) is 3.83. The number of amides is 1. The molecule has 34 heavy (non-hydrogen) atoms. The number of carbonyl (C=O) groups is 1. The molecule has 0 atom stereocenters. The number of hydrogen-bond acceptors (Lipinski definition) is 8. The second-order valence-corrected chi connectivity index (χ2v) is 9.29. The van der Waals surface area contributed by atoms with E-state index in [0.717, 1.165) is 24.9 Å². The number of rotatable bonds is 4. The number of fused-ring (bicyclic) bond motifs is 2. The van der Waals surface area contributed by atoms with Gasteiger partial charge in [-0.3, -0.25) is 9.69 Å². The number of hydrogen-bond donors (Lipinski definition) is 1. The SMILES string of the molecule is Cc1nc(CNC(=O)CN2CCCC(C)(C)COc3ccccc3Oc3ncccc3C2)no1. The maximum absolute atomic E-state index is 12.7. The van der Waals surface area contributed by atoms with Gasteiger partial charge in [0.25, 0.3) is 0 Å². The Morgan fingerprint density at radius 1 is 1.18 bits per heavy atom. The van der Waals surface area contributed by atoms with Gasteiger partial charge in [0.15, 0.2) is 17.3 Å². The van der Waals surface area contributed by atoms with Gasteiger partial charge in [0.05, 0.1) is 19.7 Å². The minimum Gasteiger partial charge on any atom is -0.489 e. The molecule has 0 unspecified atom stereocenters. The Morgan fingerprint density at radius 3 is 2.79 bits per heavy atom. The van der Waals surface area contributed by atoms with Crippen molar-refractivity contribution in [1.82, 2.24) is 25.3 Å². The molecule has 4 rings (SSSR count). The predicted octanol–water partition coefficient (Wildman–Crippen LogP) is 3.88. The van der Waals surface area contributed by atoms with Gasteiger partial charge in [0.1, 0.15) is 0 Å². The highest BCUT2D eigenvalue weighted by Crippen LogP contribution is 2.34. The summed E-state index contributed by atoms with van der Waals surface area (Å²) in [5, 5.41) is 6.70. The second-order valence-electron chi connectivity index (χ2n) is 9.29. The number of pyridine rings is 1. The highest BCUT2D eigenvalue weighted by Gasteiger charge is 2.23. The molecule has 0 spiro atoms. The molecule has 1 N–H and O–H groups in total. The van der Waals surface area contributed by atoms with E-state index in [1.54, 1.807) is 13.1 Å². The van der Waals surface area contributed by atoms with Crippen LogP contribution in [0.2, 0.25) is 0 Å². The van der Waals surface area contributed by atoms with Crippen LogP contribution in [-0.2, 0) is 17.9 Å². The zero-order valence-electron chi connectivity index (χ0n) is 19.9. The molecule has 9 heteroatoms. The Balaban J connectivity index is 1.52. The third-order valence-corrected chi connectivity index (χ3v) is 5.63. The van der Waals surface area contributed by atoms with Crippen molar-refractivity contribution in [1.29, 1.82) is 0 Å². The van der Waals surface area contributed by atoms with Crippen LogP contribution in [0, 0.1) is 12.3 Å². The van der Waals surface area contributed by atoms with Crippen molar-refractivity contribution >= 4 is 5.91 Å². The molecule has 2 aromatic heterocycles. The normalized spacial score (nSPS) is 16.4. The second kappa shape index (κ2) is 10.6. The van der Waals surface area contributed by atoms with Crippen molar-refractivity contribution in [3.05, 3.63) is 59.9 Å². The molecular formula is C25H31N5O4. The van der Waals surface area contributed by atoms with Crippen LogP contribution in [-0.4, -0.2) is 45.6 Å². The largest absolute Gasteiger partial charge is 0.489 e. The lowest BCUT2D eigenvalue weighted by atomic mass is 9.88. The number of benzene rings is 1. The highest BCUT2D eigenvalue weighted by molar-refractivity contribution is 5.77. The number of carbonyl (C=O) groups excluding carboxylic acids is 1. The van der Waals surface area contributed by atoms with Crippen molar-refractivity contribution in [2.45, 2.75) is 46.7 Å². The quantitative estimate of drug-likeness (QED) is 0.619. The van der Waals surface area contributed by atoms with E-state index in [0.29, 0.717) is 42.2 Å². The van der Waals surface area contributed by atoms with Crippen LogP contribution >= 0.6 is 0 Å². The van der Waals surface area contributed by atoms with Crippen molar-refractivity contribution in [3.63, 3.8) is 0 Å². The Kier molecular flexibility index (Phi) is 7.42. The molecule has 0 aliphatic carbocycles. The van der Waals surface area contributed by atoms with Gasteiger partial charge in [-0.15, -0.1) is 0 Å². The Bertz CT molecular complexity index is 1110. The topological polar surface area (TPSA) is 103 Å². The molecule has 0 radical (unpaired) electrons. The first-order valence-electron chi connectivity index (χ1n) is 11.5. The highest BCUT2D eigenvalue weighted by atomic mass is 16.5. The zero-order chi connectivity index (χ0) is 24.0. The lowest BCUT2D eigenvalue weighted by Gasteiger charge is -2.27. The first kappa shape index (κ1) is 23.7. The Hall–Kier alpha value is -3.46. The van der Waals surface area contributed by atoms with Crippen LogP contribution in [0.15, 0.2) is 47.1 Å². The number of nitrogens with one attached hydrogen (secondary N) is 1. The molecule has 1 aliphatic rings. The van der Waals surface area contributed by atoms with Crippen LogP contribution in [0.3, 0.4) is 0 Å². The molecule has 1 aromatic carbocycles. The monoisotopic (exact) mass is 465 g/mol. The van der Waals surface area contributed by atoms with E-state index >= 15 is 0 Å². The number of nitrogens with zero attached hydrogens (tertiary/aromatic N) is 4. The Morgan fingerprint density at radius 2 is 2.00 bits per heavy atom. The molecule has 0 saturated carbocycles. The average molecular weight is 466 g/mol. The first-order valence-corrected chi connectivity index (χ1v) is 11.5. The summed E-state index contributed by atoms with van der Waals surface area (Å²) in [5.74, 6) is 2.65. The van der Waals surface area contributed by atoms with Crippen LogP contribution in [0.1, 0.15) is 44.0 Å². The van der Waals surface area contributed by atoms with E-state index < -0.39 is 0 Å². The predicted molar refractivity (Wildman–Crippen MR) is 125 cm³/mol. The molecule has 1 amide bonds. The summed E-state index contributed by atoms with van der Waals surface area (Å²) in [6.07, 6.45) is 3.58. The van der Waals surface area contributed by atoms with Gasteiger partial charge < -0.3 is 19.3 Å². The van der Waals surface area contributed by atoms with Gasteiger partial charge in [-0.2, -0.15) is 4.98 Å². The zero-order valence-corrected chi connectivity index (χ0v) is 19.9. The average Bonchev–Trinajstić information content (AvgIpc) is 3.23. The molecule has 1 aliphatic heterocycles. The number of ether oxygens (including phenoxy) is 2. The molecule has 0 saturated heterocycles. The van der Waals surface area contributed by atoms with Crippen LogP contribution in [0.4, 0.5) is 0 Å². The summed E-state index contributed by atoms with van der Waals surface area (Å²) in [6, 6.07) is 11.5. The van der Waals surface area contributed by atoms with Crippen LogP contribution < -0.4 is 14.8 Å². The fourth-order valence-corrected chi connectivity index (χ4v) is 3.83. The summed E-state index contributed by atoms with van der Waals surface area (Å²) in [6.45, 7) is 8.40. The molecule has 180 valence electrons. The van der Waals surface area contributed by atoms with E-state index in [2.05, 4.69) is 39.2 Å². The van der Waals surface area contributed by atoms with Gasteiger partial charge >= 0.3 is 0 Å². The molecule has 0 bridgehead atoms. The third kappa shape index (κ3) is 6.54. The van der Waals surface area contributed by atoms with Gasteiger partial charge in [-0.25, -0.2) is 4.98 Å². The number of aromatic nitrogens is 3. The standard InChI is InChI=1S/C25H31N5O4/c1-18-28-22(29-34-18)14-27-23(31)16-30-13-7-11-25(2,3)17-32-20-9-4-5-10-21(20)33-24-19(15-30)8-6-12-26-24/h4-6,8-10,12H,7,11,13-17H2,1-3H3,(H,27,31). The lowest BCUT2D eigenvalue weighted by Crippen LogP contribution is -2.37. The summed E-state index contributed by atoms with van der Waals surface area (Å²) in [4.78, 5) is 23.4. The molecule has 0 fully saturated rings. The molecule has 9 nitrogen and oxygen atoms in total. The third-order valence-electron chi connectivity index (χ3n) is 5.63. The maximum atomic E-state index is 12.7. The smallest absolute Gasteiger partial charge is 0.234 e. The minimum absolute atomic E-state index is 0.0311. The van der Waals surface area contributed by atoms with E-state index in [1.807, 2.05) is 36.4 Å². The van der Waals surface area contributed by atoms with Gasteiger partial charge in [0.2, 0.25) is 17.7 Å². The number of para-hydroxylation sites is 2. The van der Waals surface area contributed by atoms with Gasteiger partial charge in [-0.1, -0.05) is 37.2 Å². The summed E-state index contributed by atoms with van der Waals surface area (Å²) < 4.78 is 17.3. The fraction of sp³-hybridized carbons (Fsp3) is 0.440. The summed E-state index contributed by atoms with van der Waals surface area (Å²) in [7, 11) is 0. The van der Waals surface area contributed by atoms with Crippen molar-refractivity contribution in [2.24, 2.45) is 5.41 Å². The van der Waals surface area contributed by atoms with E-state index in [-0.39, 0.29) is 24.4 Å².